The molecule has 0 aliphatic heterocycles. The summed E-state index contributed by atoms with van der Waals surface area (Å²) in [6, 6.07) is 10.1. The summed E-state index contributed by atoms with van der Waals surface area (Å²) in [5.41, 5.74) is 2.95. The van der Waals surface area contributed by atoms with E-state index in [2.05, 4.69) is 10.3 Å². The fourth-order valence-electron chi connectivity index (χ4n) is 2.55. The molecule has 2 heterocycles. The van der Waals surface area contributed by atoms with Crippen LogP contribution in [-0.4, -0.2) is 30.0 Å². The van der Waals surface area contributed by atoms with Crippen LogP contribution in [-0.2, 0) is 9.84 Å². The van der Waals surface area contributed by atoms with E-state index in [1.165, 1.54) is 6.26 Å². The van der Waals surface area contributed by atoms with E-state index in [-0.39, 0.29) is 16.8 Å². The standard InChI is InChI=1S/C18H19N3O3S/c1-12-8-9-21-11-16(20-17(21)10-12)18(22)19-13(2)14-4-6-15(7-5-14)25(3,23)24/h4-11,13H,1-3H3,(H,19,22)/t13-/m0/s1. The number of aryl methyl sites for hydroxylation is 1. The van der Waals surface area contributed by atoms with Crippen LogP contribution in [0.5, 0.6) is 0 Å². The van der Waals surface area contributed by atoms with Crippen LogP contribution < -0.4 is 5.32 Å². The molecule has 2 aromatic heterocycles. The highest BCUT2D eigenvalue weighted by molar-refractivity contribution is 7.90. The fraction of sp³-hybridized carbons (Fsp3) is 0.222. The first-order chi connectivity index (χ1) is 11.7. The average molecular weight is 357 g/mol. The second kappa shape index (κ2) is 6.33. The van der Waals surface area contributed by atoms with Gasteiger partial charge in [-0.2, -0.15) is 0 Å². The number of imidazole rings is 1. The van der Waals surface area contributed by atoms with Crippen molar-refractivity contribution in [2.24, 2.45) is 0 Å². The topological polar surface area (TPSA) is 80.5 Å². The summed E-state index contributed by atoms with van der Waals surface area (Å²) in [6.45, 7) is 3.81. The maximum atomic E-state index is 12.4. The van der Waals surface area contributed by atoms with E-state index in [1.54, 1.807) is 34.9 Å². The molecule has 1 N–H and O–H groups in total. The van der Waals surface area contributed by atoms with Gasteiger partial charge in [0.15, 0.2) is 9.84 Å². The smallest absolute Gasteiger partial charge is 0.271 e. The van der Waals surface area contributed by atoms with Crippen molar-refractivity contribution >= 4 is 21.4 Å². The van der Waals surface area contributed by atoms with Crippen molar-refractivity contribution in [1.29, 1.82) is 0 Å². The Hall–Kier alpha value is -2.67. The second-order valence-electron chi connectivity index (χ2n) is 6.13. The molecule has 1 amide bonds. The summed E-state index contributed by atoms with van der Waals surface area (Å²) in [5, 5.41) is 2.88. The Bertz CT molecular complexity index is 1040. The van der Waals surface area contributed by atoms with E-state index in [9.17, 15) is 13.2 Å². The van der Waals surface area contributed by atoms with Gasteiger partial charge >= 0.3 is 0 Å². The first-order valence-electron chi connectivity index (χ1n) is 7.80. The lowest BCUT2D eigenvalue weighted by Crippen LogP contribution is -2.26. The third-order valence-electron chi connectivity index (χ3n) is 4.00. The van der Waals surface area contributed by atoms with E-state index in [1.807, 2.05) is 32.2 Å². The predicted molar refractivity (Wildman–Crippen MR) is 95.4 cm³/mol. The molecule has 3 rings (SSSR count). The summed E-state index contributed by atoms with van der Waals surface area (Å²) in [6.07, 6.45) is 4.71. The Morgan fingerprint density at radius 2 is 1.88 bits per heavy atom. The zero-order chi connectivity index (χ0) is 18.2. The number of carbonyl (C=O) groups is 1. The van der Waals surface area contributed by atoms with Gasteiger partial charge in [-0.3, -0.25) is 4.79 Å². The molecular formula is C18H19N3O3S. The minimum Gasteiger partial charge on any atom is -0.344 e. The molecule has 1 aromatic carbocycles. The number of hydrogen-bond acceptors (Lipinski definition) is 4. The van der Waals surface area contributed by atoms with Gasteiger partial charge in [-0.1, -0.05) is 12.1 Å². The monoisotopic (exact) mass is 357 g/mol. The first-order valence-corrected chi connectivity index (χ1v) is 9.69. The van der Waals surface area contributed by atoms with E-state index in [0.29, 0.717) is 5.69 Å². The molecule has 6 nitrogen and oxygen atoms in total. The van der Waals surface area contributed by atoms with Gasteiger partial charge in [-0.05, 0) is 49.2 Å². The molecule has 0 radical (unpaired) electrons. The number of nitrogens with one attached hydrogen (secondary N) is 1. The molecule has 130 valence electrons. The van der Waals surface area contributed by atoms with Crippen molar-refractivity contribution in [2.75, 3.05) is 6.26 Å². The summed E-state index contributed by atoms with van der Waals surface area (Å²) < 4.78 is 24.8. The number of hydrogen-bond donors (Lipinski definition) is 1. The molecule has 0 bridgehead atoms. The third-order valence-corrected chi connectivity index (χ3v) is 5.13. The van der Waals surface area contributed by atoms with Crippen LogP contribution in [0.15, 0.2) is 53.7 Å². The number of carbonyl (C=O) groups excluding carboxylic acids is 1. The number of pyridine rings is 1. The first kappa shape index (κ1) is 17.2. The molecule has 7 heteroatoms. The summed E-state index contributed by atoms with van der Waals surface area (Å²) in [4.78, 5) is 17.0. The molecule has 0 saturated heterocycles. The van der Waals surface area contributed by atoms with Gasteiger partial charge < -0.3 is 9.72 Å². The highest BCUT2D eigenvalue weighted by Gasteiger charge is 2.15. The summed E-state index contributed by atoms with van der Waals surface area (Å²) in [7, 11) is -3.23. The normalized spacial score (nSPS) is 12.9. The largest absolute Gasteiger partial charge is 0.344 e. The second-order valence-corrected chi connectivity index (χ2v) is 8.15. The van der Waals surface area contributed by atoms with Crippen molar-refractivity contribution in [3.63, 3.8) is 0 Å². The minimum absolute atomic E-state index is 0.255. The van der Waals surface area contributed by atoms with Gasteiger partial charge in [0.25, 0.3) is 5.91 Å². The maximum Gasteiger partial charge on any atom is 0.271 e. The van der Waals surface area contributed by atoms with Gasteiger partial charge in [0, 0.05) is 18.6 Å². The maximum absolute atomic E-state index is 12.4. The van der Waals surface area contributed by atoms with Crippen LogP contribution in [0.1, 0.15) is 34.6 Å². The van der Waals surface area contributed by atoms with E-state index >= 15 is 0 Å². The quantitative estimate of drug-likeness (QED) is 0.778. The van der Waals surface area contributed by atoms with E-state index in [0.717, 1.165) is 16.8 Å². The third kappa shape index (κ3) is 3.71. The lowest BCUT2D eigenvalue weighted by Gasteiger charge is -2.13. The molecule has 0 spiro atoms. The van der Waals surface area contributed by atoms with Gasteiger partial charge in [0.1, 0.15) is 11.3 Å². The predicted octanol–water partition coefficient (Wildman–Crippen LogP) is 2.54. The number of rotatable bonds is 4. The fourth-order valence-corrected chi connectivity index (χ4v) is 3.18. The molecule has 25 heavy (non-hydrogen) atoms. The van der Waals surface area contributed by atoms with Crippen LogP contribution >= 0.6 is 0 Å². The molecule has 3 aromatic rings. The van der Waals surface area contributed by atoms with Crippen molar-refractivity contribution < 1.29 is 13.2 Å². The molecule has 1 atom stereocenters. The number of aromatic nitrogens is 2. The number of sulfone groups is 1. The molecule has 0 aliphatic carbocycles. The Balaban J connectivity index is 1.77. The van der Waals surface area contributed by atoms with Gasteiger partial charge in [0.05, 0.1) is 10.9 Å². The SMILES string of the molecule is Cc1ccn2cc(C(=O)N[C@@H](C)c3ccc(S(C)(=O)=O)cc3)nc2c1. The summed E-state index contributed by atoms with van der Waals surface area (Å²) >= 11 is 0. The average Bonchev–Trinajstić information content (AvgIpc) is 2.97. The van der Waals surface area contributed by atoms with Gasteiger partial charge in [-0.25, -0.2) is 13.4 Å². The Labute approximate surface area is 146 Å². The van der Waals surface area contributed by atoms with Gasteiger partial charge in [-0.15, -0.1) is 0 Å². The lowest BCUT2D eigenvalue weighted by atomic mass is 10.1. The number of fused-ring (bicyclic) bond motifs is 1. The Morgan fingerprint density at radius 3 is 2.52 bits per heavy atom. The van der Waals surface area contributed by atoms with E-state index < -0.39 is 9.84 Å². The molecule has 0 unspecified atom stereocenters. The number of benzene rings is 1. The van der Waals surface area contributed by atoms with Crippen LogP contribution in [0.3, 0.4) is 0 Å². The van der Waals surface area contributed by atoms with Gasteiger partial charge in [0.2, 0.25) is 0 Å². The van der Waals surface area contributed by atoms with Crippen LogP contribution in [0.4, 0.5) is 0 Å². The molecule has 0 saturated carbocycles. The molecule has 0 aliphatic rings. The Kier molecular flexibility index (Phi) is 4.34. The highest BCUT2D eigenvalue weighted by atomic mass is 32.2. The number of amides is 1. The highest BCUT2D eigenvalue weighted by Crippen LogP contribution is 2.17. The molecular weight excluding hydrogens is 338 g/mol. The van der Waals surface area contributed by atoms with Crippen molar-refractivity contribution in [1.82, 2.24) is 14.7 Å². The molecule has 0 fully saturated rings. The number of nitrogens with zero attached hydrogens (tertiary/aromatic N) is 2. The lowest BCUT2D eigenvalue weighted by molar-refractivity contribution is 0.0935. The zero-order valence-corrected chi connectivity index (χ0v) is 15.0. The van der Waals surface area contributed by atoms with Crippen LogP contribution in [0.25, 0.3) is 5.65 Å². The summed E-state index contributed by atoms with van der Waals surface area (Å²) in [5.74, 6) is -0.277. The zero-order valence-electron chi connectivity index (χ0n) is 14.2. The Morgan fingerprint density at radius 1 is 1.20 bits per heavy atom. The van der Waals surface area contributed by atoms with Crippen molar-refractivity contribution in [2.45, 2.75) is 24.8 Å². The van der Waals surface area contributed by atoms with Crippen molar-refractivity contribution in [3.8, 4) is 0 Å². The van der Waals surface area contributed by atoms with Crippen molar-refractivity contribution in [3.05, 3.63) is 65.6 Å². The van der Waals surface area contributed by atoms with E-state index in [4.69, 9.17) is 0 Å². The minimum atomic E-state index is -3.23. The van der Waals surface area contributed by atoms with Crippen LogP contribution in [0.2, 0.25) is 0 Å². The van der Waals surface area contributed by atoms with Crippen LogP contribution in [0, 0.1) is 6.92 Å².